The summed E-state index contributed by atoms with van der Waals surface area (Å²) < 4.78 is 34.0. The van der Waals surface area contributed by atoms with E-state index in [0.29, 0.717) is 111 Å². The molecule has 14 nitrogen and oxygen atoms in total. The number of aliphatic hydroxyl groups is 1. The first-order valence-corrected chi connectivity index (χ1v) is 11.6. The van der Waals surface area contributed by atoms with E-state index in [1.54, 1.807) is 10.9 Å². The van der Waals surface area contributed by atoms with Crippen molar-refractivity contribution in [2.45, 2.75) is 26.0 Å². The number of carbonyl (C=O) groups is 2. The van der Waals surface area contributed by atoms with Gasteiger partial charge in [0.25, 0.3) is 0 Å². The number of aryl methyl sites for hydroxylation is 1. The van der Waals surface area contributed by atoms with Crippen molar-refractivity contribution in [3.05, 3.63) is 11.9 Å². The predicted molar refractivity (Wildman–Crippen MR) is 122 cm³/mol. The van der Waals surface area contributed by atoms with Crippen LogP contribution in [0.25, 0.3) is 0 Å². The van der Waals surface area contributed by atoms with Gasteiger partial charge in [-0.25, -0.2) is 0 Å². The van der Waals surface area contributed by atoms with Crippen LogP contribution >= 0.6 is 0 Å². The highest BCUT2D eigenvalue weighted by Crippen LogP contribution is 1.99. The van der Waals surface area contributed by atoms with E-state index in [0.717, 1.165) is 0 Å². The molecule has 0 aliphatic carbocycles. The van der Waals surface area contributed by atoms with E-state index in [9.17, 15) is 9.59 Å². The van der Waals surface area contributed by atoms with Crippen molar-refractivity contribution in [3.63, 3.8) is 0 Å². The van der Waals surface area contributed by atoms with E-state index in [1.165, 1.54) is 0 Å². The summed E-state index contributed by atoms with van der Waals surface area (Å²) in [5.74, 6) is -0.745. The normalized spacial score (nSPS) is 11.1. The summed E-state index contributed by atoms with van der Waals surface area (Å²) in [4.78, 5) is 21.5. The lowest BCUT2D eigenvalue weighted by Gasteiger charge is -2.08. The Morgan fingerprint density at radius 2 is 1.37 bits per heavy atom. The highest BCUT2D eigenvalue weighted by Gasteiger charge is 2.02. The van der Waals surface area contributed by atoms with Crippen LogP contribution in [0.2, 0.25) is 0 Å². The maximum absolute atomic E-state index is 10.8. The summed E-state index contributed by atoms with van der Waals surface area (Å²) in [5, 5.41) is 19.0. The van der Waals surface area contributed by atoms with Crippen LogP contribution in [0.1, 0.15) is 18.5 Å². The molecule has 0 saturated heterocycles. The van der Waals surface area contributed by atoms with Crippen molar-refractivity contribution in [3.8, 4) is 0 Å². The monoisotopic (exact) mass is 505 g/mol. The molecular weight excluding hydrogens is 466 g/mol. The molecule has 1 rings (SSSR count). The Hall–Kier alpha value is -2.20. The Morgan fingerprint density at radius 3 is 1.89 bits per heavy atom. The second-order valence-electron chi connectivity index (χ2n) is 7.17. The maximum atomic E-state index is 10.8. The first kappa shape index (κ1) is 30.8. The summed E-state index contributed by atoms with van der Waals surface area (Å²) in [7, 11) is 0. The second-order valence-corrected chi connectivity index (χ2v) is 7.17. The standard InChI is InChI=1S/C21H39N5O9/c22-20(28)2-1-4-26-16-19(24-25-26)18-35-15-14-34-13-12-33-11-10-32-9-8-31-7-6-30-5-3-23-21(29)17-27/h16,27H,1-15,17-18H2,(H2,22,28)(H,23,29). The molecule has 0 unspecified atom stereocenters. The van der Waals surface area contributed by atoms with Gasteiger partial charge in [-0.15, -0.1) is 5.10 Å². The highest BCUT2D eigenvalue weighted by molar-refractivity contribution is 5.76. The zero-order valence-corrected chi connectivity index (χ0v) is 20.2. The van der Waals surface area contributed by atoms with Crippen molar-refractivity contribution in [1.82, 2.24) is 20.3 Å². The average Bonchev–Trinajstić information content (AvgIpc) is 3.29. The van der Waals surface area contributed by atoms with E-state index >= 15 is 0 Å². The summed E-state index contributed by atoms with van der Waals surface area (Å²) in [6, 6.07) is 0. The third kappa shape index (κ3) is 19.8. The minimum absolute atomic E-state index is 0.324. The van der Waals surface area contributed by atoms with Crippen molar-refractivity contribution < 1.29 is 43.1 Å². The molecule has 0 fully saturated rings. The third-order valence-corrected chi connectivity index (χ3v) is 4.22. The lowest BCUT2D eigenvalue weighted by molar-refractivity contribution is -0.124. The van der Waals surface area contributed by atoms with Gasteiger partial charge in [0.15, 0.2) is 0 Å². The molecule has 0 atom stereocenters. The molecule has 0 aliphatic rings. The first-order chi connectivity index (χ1) is 17.1. The number of aliphatic hydroxyl groups excluding tert-OH is 1. The fourth-order valence-electron chi connectivity index (χ4n) is 2.52. The topological polar surface area (TPSA) is 179 Å². The number of hydrogen-bond acceptors (Lipinski definition) is 11. The molecule has 35 heavy (non-hydrogen) atoms. The van der Waals surface area contributed by atoms with Gasteiger partial charge in [-0.05, 0) is 6.42 Å². The van der Waals surface area contributed by atoms with Crippen LogP contribution in [0.5, 0.6) is 0 Å². The summed E-state index contributed by atoms with van der Waals surface area (Å²) in [6.45, 7) is 5.67. The van der Waals surface area contributed by atoms with Crippen LogP contribution in [0.15, 0.2) is 6.20 Å². The number of ether oxygens (including phenoxy) is 6. The number of aromatic nitrogens is 3. The maximum Gasteiger partial charge on any atom is 0.245 e. The van der Waals surface area contributed by atoms with Crippen LogP contribution < -0.4 is 11.1 Å². The summed E-state index contributed by atoms with van der Waals surface area (Å²) in [6.07, 6.45) is 2.74. The van der Waals surface area contributed by atoms with Gasteiger partial charge in [0.1, 0.15) is 12.3 Å². The largest absolute Gasteiger partial charge is 0.387 e. The van der Waals surface area contributed by atoms with Crippen molar-refractivity contribution in [1.29, 1.82) is 0 Å². The third-order valence-electron chi connectivity index (χ3n) is 4.22. The van der Waals surface area contributed by atoms with Crippen LogP contribution in [-0.2, 0) is 51.2 Å². The highest BCUT2D eigenvalue weighted by atomic mass is 16.6. The SMILES string of the molecule is NC(=O)CCCn1cc(COCCOCCOCCOCCOCCOCCNC(=O)CO)nn1. The van der Waals surface area contributed by atoms with Gasteiger partial charge in [0.05, 0.1) is 85.5 Å². The average molecular weight is 506 g/mol. The Morgan fingerprint density at radius 1 is 0.857 bits per heavy atom. The number of nitrogens with zero attached hydrogens (tertiary/aromatic N) is 3. The summed E-state index contributed by atoms with van der Waals surface area (Å²) in [5.41, 5.74) is 5.82. The van der Waals surface area contributed by atoms with Gasteiger partial charge < -0.3 is 44.6 Å². The Labute approximate surface area is 205 Å². The summed E-state index contributed by atoms with van der Waals surface area (Å²) >= 11 is 0. The molecule has 0 bridgehead atoms. The number of primary amides is 1. The Bertz CT molecular complexity index is 663. The smallest absolute Gasteiger partial charge is 0.245 e. The van der Waals surface area contributed by atoms with Crippen LogP contribution in [0, 0.1) is 0 Å². The van der Waals surface area contributed by atoms with E-state index < -0.39 is 12.5 Å². The molecule has 0 spiro atoms. The molecule has 2 amide bonds. The lowest BCUT2D eigenvalue weighted by atomic mass is 10.3. The first-order valence-electron chi connectivity index (χ1n) is 11.6. The molecule has 202 valence electrons. The van der Waals surface area contributed by atoms with Gasteiger partial charge in [-0.1, -0.05) is 5.21 Å². The number of amides is 2. The lowest BCUT2D eigenvalue weighted by Crippen LogP contribution is -2.29. The fourth-order valence-corrected chi connectivity index (χ4v) is 2.52. The molecule has 1 aromatic rings. The van der Waals surface area contributed by atoms with E-state index in [2.05, 4.69) is 15.6 Å². The van der Waals surface area contributed by atoms with E-state index in [-0.39, 0.29) is 5.91 Å². The van der Waals surface area contributed by atoms with Crippen molar-refractivity contribution >= 4 is 11.8 Å². The molecule has 0 radical (unpaired) electrons. The molecule has 0 aliphatic heterocycles. The van der Waals surface area contributed by atoms with E-state index in [1.807, 2.05) is 0 Å². The number of nitrogens with two attached hydrogens (primary N) is 1. The number of hydrogen-bond donors (Lipinski definition) is 3. The predicted octanol–water partition coefficient (Wildman–Crippen LogP) is -1.75. The van der Waals surface area contributed by atoms with E-state index in [4.69, 9.17) is 39.3 Å². The van der Waals surface area contributed by atoms with Crippen molar-refractivity contribution in [2.24, 2.45) is 5.73 Å². The molecule has 14 heteroatoms. The second kappa shape index (κ2) is 22.3. The van der Waals surface area contributed by atoms with Gasteiger partial charge in [-0.2, -0.15) is 0 Å². The van der Waals surface area contributed by atoms with Gasteiger partial charge in [-0.3, -0.25) is 14.3 Å². The fraction of sp³-hybridized carbons (Fsp3) is 0.810. The minimum atomic E-state index is -0.519. The minimum Gasteiger partial charge on any atom is -0.387 e. The quantitative estimate of drug-likeness (QED) is 0.128. The molecule has 0 saturated carbocycles. The molecule has 1 aromatic heterocycles. The molecule has 0 aromatic carbocycles. The zero-order valence-electron chi connectivity index (χ0n) is 20.2. The van der Waals surface area contributed by atoms with Crippen molar-refractivity contribution in [2.75, 3.05) is 85.8 Å². The van der Waals surface area contributed by atoms with Gasteiger partial charge in [0.2, 0.25) is 11.8 Å². The van der Waals surface area contributed by atoms with Crippen LogP contribution in [-0.4, -0.2) is 118 Å². The number of rotatable bonds is 25. The van der Waals surface area contributed by atoms with Gasteiger partial charge >= 0.3 is 0 Å². The van der Waals surface area contributed by atoms with Crippen LogP contribution in [0.3, 0.4) is 0 Å². The number of nitrogens with one attached hydrogen (secondary N) is 1. The van der Waals surface area contributed by atoms with Crippen LogP contribution in [0.4, 0.5) is 0 Å². The van der Waals surface area contributed by atoms with Gasteiger partial charge in [0, 0.05) is 19.5 Å². The molecular formula is C21H39N5O9. The Kier molecular flexibility index (Phi) is 19.6. The molecule has 4 N–H and O–H groups in total. The number of carbonyl (C=O) groups excluding carboxylic acids is 2. The zero-order chi connectivity index (χ0) is 25.4. The Balaban J connectivity index is 1.75. The molecule has 1 heterocycles.